The highest BCUT2D eigenvalue weighted by atomic mass is 19.2. The zero-order chi connectivity index (χ0) is 18.4. The van der Waals surface area contributed by atoms with Crippen molar-refractivity contribution in [3.8, 4) is 0 Å². The van der Waals surface area contributed by atoms with E-state index in [4.69, 9.17) is 0 Å². The highest BCUT2D eigenvalue weighted by molar-refractivity contribution is 6.28. The van der Waals surface area contributed by atoms with Gasteiger partial charge >= 0.3 is 0 Å². The number of carbonyl (C=O) groups excluding carboxylic acids is 2. The van der Waals surface area contributed by atoms with Gasteiger partial charge in [-0.25, -0.2) is 13.2 Å². The number of ketones is 2. The number of nitrogens with one attached hydrogen (secondary N) is 1. The Morgan fingerprint density at radius 1 is 0.615 bits per heavy atom. The van der Waals surface area contributed by atoms with E-state index in [2.05, 4.69) is 5.32 Å². The third-order valence-electron chi connectivity index (χ3n) is 4.23. The predicted molar refractivity (Wildman–Crippen MR) is 89.3 cm³/mol. The summed E-state index contributed by atoms with van der Waals surface area (Å²) in [5, 5.41) is 2.44. The van der Waals surface area contributed by atoms with Crippen LogP contribution in [0, 0.1) is 17.5 Å². The van der Waals surface area contributed by atoms with Crippen molar-refractivity contribution in [2.24, 2.45) is 0 Å². The van der Waals surface area contributed by atoms with E-state index in [1.807, 2.05) is 0 Å². The number of rotatable bonds is 2. The normalized spacial score (nSPS) is 12.6. The van der Waals surface area contributed by atoms with Crippen molar-refractivity contribution in [1.82, 2.24) is 0 Å². The summed E-state index contributed by atoms with van der Waals surface area (Å²) in [5.41, 5.74) is -2.26. The van der Waals surface area contributed by atoms with Crippen molar-refractivity contribution in [3.05, 3.63) is 94.3 Å². The third kappa shape index (κ3) is 2.23. The van der Waals surface area contributed by atoms with Crippen LogP contribution in [0.4, 0.5) is 24.5 Å². The van der Waals surface area contributed by atoms with E-state index in [1.54, 1.807) is 18.2 Å². The first-order valence-corrected chi connectivity index (χ1v) is 7.71. The second-order valence-electron chi connectivity index (χ2n) is 5.76. The fraction of sp³-hybridized carbons (Fsp3) is 0. The third-order valence-corrected chi connectivity index (χ3v) is 4.23. The van der Waals surface area contributed by atoms with Crippen molar-refractivity contribution >= 4 is 22.9 Å². The number of para-hydroxylation sites is 1. The Labute approximate surface area is 146 Å². The summed E-state index contributed by atoms with van der Waals surface area (Å²) in [5.74, 6) is -6.17. The molecule has 0 fully saturated rings. The molecular weight excluding hydrogens is 343 g/mol. The molecule has 0 heterocycles. The van der Waals surface area contributed by atoms with Gasteiger partial charge < -0.3 is 5.32 Å². The smallest absolute Gasteiger partial charge is 0.197 e. The molecule has 0 radical (unpaired) electrons. The lowest BCUT2D eigenvalue weighted by Gasteiger charge is -2.21. The SMILES string of the molecule is O=C1c2ccccc2C(=O)c2c(F)c(Nc3ccccc3)c(F)c(F)c21. The van der Waals surface area contributed by atoms with E-state index >= 15 is 0 Å². The molecule has 1 N–H and O–H groups in total. The van der Waals surface area contributed by atoms with Crippen molar-refractivity contribution in [2.75, 3.05) is 5.32 Å². The first-order chi connectivity index (χ1) is 12.5. The van der Waals surface area contributed by atoms with E-state index in [9.17, 15) is 22.8 Å². The summed E-state index contributed by atoms with van der Waals surface area (Å²) < 4.78 is 44.0. The summed E-state index contributed by atoms with van der Waals surface area (Å²) in [6, 6.07) is 13.7. The van der Waals surface area contributed by atoms with Gasteiger partial charge in [-0.3, -0.25) is 9.59 Å². The molecule has 0 unspecified atom stereocenters. The van der Waals surface area contributed by atoms with E-state index in [0.717, 1.165) is 0 Å². The molecule has 1 aliphatic carbocycles. The molecule has 6 heteroatoms. The topological polar surface area (TPSA) is 46.2 Å². The van der Waals surface area contributed by atoms with Gasteiger partial charge in [0.15, 0.2) is 29.0 Å². The molecule has 128 valence electrons. The van der Waals surface area contributed by atoms with Gasteiger partial charge in [-0.05, 0) is 12.1 Å². The van der Waals surface area contributed by atoms with Gasteiger partial charge in [0.05, 0.1) is 11.1 Å². The number of hydrogen-bond acceptors (Lipinski definition) is 3. The molecule has 0 spiro atoms. The fourth-order valence-corrected chi connectivity index (χ4v) is 3.01. The molecule has 3 aromatic carbocycles. The van der Waals surface area contributed by atoms with E-state index in [-0.39, 0.29) is 11.1 Å². The number of carbonyl (C=O) groups is 2. The van der Waals surface area contributed by atoms with Crippen LogP contribution in [0.15, 0.2) is 54.6 Å². The molecule has 0 atom stereocenters. The van der Waals surface area contributed by atoms with Crippen LogP contribution in [0.25, 0.3) is 0 Å². The summed E-state index contributed by atoms with van der Waals surface area (Å²) >= 11 is 0. The molecule has 4 rings (SSSR count). The molecular formula is C20H10F3NO2. The molecule has 0 aromatic heterocycles. The van der Waals surface area contributed by atoms with Crippen LogP contribution in [0.5, 0.6) is 0 Å². The van der Waals surface area contributed by atoms with Gasteiger partial charge in [-0.1, -0.05) is 42.5 Å². The summed E-state index contributed by atoms with van der Waals surface area (Å²) in [6.45, 7) is 0. The van der Waals surface area contributed by atoms with E-state index in [1.165, 1.54) is 36.4 Å². The number of halogens is 3. The van der Waals surface area contributed by atoms with Crippen molar-refractivity contribution in [1.29, 1.82) is 0 Å². The quantitative estimate of drug-likeness (QED) is 0.535. The number of benzene rings is 3. The molecule has 1 aliphatic rings. The van der Waals surface area contributed by atoms with E-state index in [0.29, 0.717) is 5.69 Å². The Morgan fingerprint density at radius 3 is 1.69 bits per heavy atom. The van der Waals surface area contributed by atoms with Crippen LogP contribution in [-0.2, 0) is 0 Å². The maximum absolute atomic E-state index is 15.0. The van der Waals surface area contributed by atoms with Gasteiger partial charge in [0.25, 0.3) is 0 Å². The fourth-order valence-electron chi connectivity index (χ4n) is 3.01. The number of anilines is 2. The Hall–Kier alpha value is -3.41. The van der Waals surface area contributed by atoms with Crippen LogP contribution in [0.1, 0.15) is 31.8 Å². The maximum Gasteiger partial charge on any atom is 0.197 e. The average Bonchev–Trinajstić information content (AvgIpc) is 2.67. The maximum atomic E-state index is 15.0. The zero-order valence-electron chi connectivity index (χ0n) is 13.1. The monoisotopic (exact) mass is 353 g/mol. The van der Waals surface area contributed by atoms with Gasteiger partial charge in [-0.15, -0.1) is 0 Å². The minimum absolute atomic E-state index is 0.0411. The first-order valence-electron chi connectivity index (χ1n) is 7.71. The lowest BCUT2D eigenvalue weighted by atomic mass is 9.83. The number of hydrogen-bond donors (Lipinski definition) is 1. The first kappa shape index (κ1) is 16.1. The highest BCUT2D eigenvalue weighted by Crippen LogP contribution is 2.37. The number of fused-ring (bicyclic) bond motifs is 2. The van der Waals surface area contributed by atoms with Crippen LogP contribution >= 0.6 is 0 Å². The van der Waals surface area contributed by atoms with Crippen molar-refractivity contribution in [3.63, 3.8) is 0 Å². The van der Waals surface area contributed by atoms with Crippen LogP contribution < -0.4 is 5.32 Å². The van der Waals surface area contributed by atoms with Gasteiger partial charge in [0, 0.05) is 16.8 Å². The molecule has 26 heavy (non-hydrogen) atoms. The van der Waals surface area contributed by atoms with Crippen LogP contribution in [0.2, 0.25) is 0 Å². The van der Waals surface area contributed by atoms with Crippen LogP contribution in [-0.4, -0.2) is 11.6 Å². The Morgan fingerprint density at radius 2 is 1.12 bits per heavy atom. The second-order valence-corrected chi connectivity index (χ2v) is 5.76. The summed E-state index contributed by atoms with van der Waals surface area (Å²) in [6.07, 6.45) is 0. The van der Waals surface area contributed by atoms with Gasteiger partial charge in [0.1, 0.15) is 5.69 Å². The minimum Gasteiger partial charge on any atom is -0.351 e. The molecule has 0 saturated heterocycles. The van der Waals surface area contributed by atoms with Gasteiger partial charge in [-0.2, -0.15) is 0 Å². The van der Waals surface area contributed by atoms with E-state index < -0.39 is 45.8 Å². The average molecular weight is 353 g/mol. The second kappa shape index (κ2) is 5.84. The Bertz CT molecular complexity index is 1080. The molecule has 0 amide bonds. The van der Waals surface area contributed by atoms with Crippen molar-refractivity contribution in [2.45, 2.75) is 0 Å². The molecule has 0 bridgehead atoms. The lowest BCUT2D eigenvalue weighted by Crippen LogP contribution is -2.25. The standard InChI is InChI=1S/C20H10F3NO2/c21-15-13-14(20(26)12-9-5-4-8-11(12)19(13)25)16(22)18(17(15)23)24-10-6-2-1-3-7-10/h1-9,24H. The molecule has 0 saturated carbocycles. The predicted octanol–water partition coefficient (Wildman–Crippen LogP) is 4.62. The molecule has 3 nitrogen and oxygen atoms in total. The van der Waals surface area contributed by atoms with Gasteiger partial charge in [0.2, 0.25) is 0 Å². The minimum atomic E-state index is -1.55. The molecule has 0 aliphatic heterocycles. The molecule has 3 aromatic rings. The largest absolute Gasteiger partial charge is 0.351 e. The summed E-state index contributed by atoms with van der Waals surface area (Å²) in [4.78, 5) is 25.1. The highest BCUT2D eigenvalue weighted by Gasteiger charge is 2.38. The van der Waals surface area contributed by atoms with Crippen molar-refractivity contribution < 1.29 is 22.8 Å². The summed E-state index contributed by atoms with van der Waals surface area (Å²) in [7, 11) is 0. The Balaban J connectivity index is 1.96. The Kier molecular flexibility index (Phi) is 3.61. The lowest BCUT2D eigenvalue weighted by molar-refractivity contribution is 0.0971. The zero-order valence-corrected chi connectivity index (χ0v) is 13.1. The van der Waals surface area contributed by atoms with Crippen LogP contribution in [0.3, 0.4) is 0 Å².